The zero-order valence-corrected chi connectivity index (χ0v) is 12.2. The standard InChI is InChI=1S/C17H24O2/c1-12(2)19-17(18)15-9-7-14(8-10-15)16-6-4-5-13(3)11-16/h7-10,12-13,16H,4-6,11H2,1-3H3. The van der Waals surface area contributed by atoms with E-state index in [-0.39, 0.29) is 12.1 Å². The van der Waals surface area contributed by atoms with Crippen LogP contribution in [0.5, 0.6) is 0 Å². The quantitative estimate of drug-likeness (QED) is 0.745. The van der Waals surface area contributed by atoms with Gasteiger partial charge >= 0.3 is 5.97 Å². The molecule has 0 aromatic heterocycles. The number of carbonyl (C=O) groups is 1. The van der Waals surface area contributed by atoms with Gasteiger partial charge in [-0.25, -0.2) is 4.79 Å². The highest BCUT2D eigenvalue weighted by Crippen LogP contribution is 2.35. The molecule has 0 amide bonds. The second-order valence-corrected chi connectivity index (χ2v) is 6.04. The average molecular weight is 260 g/mol. The number of rotatable bonds is 3. The molecule has 2 atom stereocenters. The van der Waals surface area contributed by atoms with Gasteiger partial charge in [-0.05, 0) is 56.2 Å². The Morgan fingerprint density at radius 3 is 2.47 bits per heavy atom. The SMILES string of the molecule is CC1CCCC(c2ccc(C(=O)OC(C)C)cc2)C1. The van der Waals surface area contributed by atoms with Gasteiger partial charge < -0.3 is 4.74 Å². The molecular formula is C17H24O2. The van der Waals surface area contributed by atoms with Gasteiger partial charge in [-0.2, -0.15) is 0 Å². The molecule has 0 heterocycles. The van der Waals surface area contributed by atoms with Crippen LogP contribution in [0.2, 0.25) is 0 Å². The Hall–Kier alpha value is -1.31. The predicted molar refractivity (Wildman–Crippen MR) is 77.4 cm³/mol. The minimum Gasteiger partial charge on any atom is -0.459 e. The molecular weight excluding hydrogens is 236 g/mol. The Balaban J connectivity index is 2.03. The first-order chi connectivity index (χ1) is 9.06. The van der Waals surface area contributed by atoms with Crippen molar-refractivity contribution in [3.05, 3.63) is 35.4 Å². The molecule has 2 heteroatoms. The fourth-order valence-corrected chi connectivity index (χ4v) is 2.91. The maximum Gasteiger partial charge on any atom is 0.338 e. The van der Waals surface area contributed by atoms with Gasteiger partial charge in [0, 0.05) is 0 Å². The average Bonchev–Trinajstić information content (AvgIpc) is 2.38. The normalized spacial score (nSPS) is 23.4. The summed E-state index contributed by atoms with van der Waals surface area (Å²) >= 11 is 0. The van der Waals surface area contributed by atoms with E-state index in [1.54, 1.807) is 0 Å². The van der Waals surface area contributed by atoms with Crippen molar-refractivity contribution in [3.8, 4) is 0 Å². The number of hydrogen-bond donors (Lipinski definition) is 0. The lowest BCUT2D eigenvalue weighted by Gasteiger charge is -2.27. The molecule has 0 aliphatic heterocycles. The summed E-state index contributed by atoms with van der Waals surface area (Å²) < 4.78 is 5.20. The third kappa shape index (κ3) is 3.82. The Morgan fingerprint density at radius 2 is 1.89 bits per heavy atom. The van der Waals surface area contributed by atoms with Crippen molar-refractivity contribution in [2.75, 3.05) is 0 Å². The molecule has 1 fully saturated rings. The first-order valence-corrected chi connectivity index (χ1v) is 7.37. The number of benzene rings is 1. The van der Waals surface area contributed by atoms with E-state index in [1.165, 1.54) is 31.2 Å². The van der Waals surface area contributed by atoms with Crippen molar-refractivity contribution in [3.63, 3.8) is 0 Å². The van der Waals surface area contributed by atoms with Gasteiger partial charge in [-0.3, -0.25) is 0 Å². The molecule has 1 aromatic carbocycles. The second-order valence-electron chi connectivity index (χ2n) is 6.04. The van der Waals surface area contributed by atoms with Crippen LogP contribution < -0.4 is 0 Å². The molecule has 0 saturated heterocycles. The molecule has 0 spiro atoms. The number of ether oxygens (including phenoxy) is 1. The van der Waals surface area contributed by atoms with Gasteiger partial charge in [-0.15, -0.1) is 0 Å². The third-order valence-electron chi connectivity index (χ3n) is 3.90. The zero-order chi connectivity index (χ0) is 13.8. The molecule has 1 aliphatic rings. The summed E-state index contributed by atoms with van der Waals surface area (Å²) in [6.07, 6.45) is 5.17. The van der Waals surface area contributed by atoms with Crippen molar-refractivity contribution < 1.29 is 9.53 Å². The molecule has 0 radical (unpaired) electrons. The molecule has 19 heavy (non-hydrogen) atoms. The third-order valence-corrected chi connectivity index (χ3v) is 3.90. The summed E-state index contributed by atoms with van der Waals surface area (Å²) in [5.41, 5.74) is 2.02. The Bertz CT molecular complexity index is 419. The molecule has 2 nitrogen and oxygen atoms in total. The molecule has 1 saturated carbocycles. The smallest absolute Gasteiger partial charge is 0.338 e. The predicted octanol–water partition coefficient (Wildman–Crippen LogP) is 4.55. The summed E-state index contributed by atoms with van der Waals surface area (Å²) in [4.78, 5) is 11.8. The summed E-state index contributed by atoms with van der Waals surface area (Å²) in [5, 5.41) is 0. The maximum atomic E-state index is 11.8. The van der Waals surface area contributed by atoms with Crippen molar-refractivity contribution >= 4 is 5.97 Å². The first kappa shape index (κ1) is 14.1. The van der Waals surface area contributed by atoms with E-state index in [4.69, 9.17) is 4.74 Å². The van der Waals surface area contributed by atoms with Crippen LogP contribution in [0.25, 0.3) is 0 Å². The van der Waals surface area contributed by atoms with Crippen molar-refractivity contribution in [2.45, 2.75) is 58.5 Å². The number of carbonyl (C=O) groups excluding carboxylic acids is 1. The highest BCUT2D eigenvalue weighted by molar-refractivity contribution is 5.89. The summed E-state index contributed by atoms with van der Waals surface area (Å²) in [7, 11) is 0. The Kier molecular flexibility index (Phi) is 4.62. The summed E-state index contributed by atoms with van der Waals surface area (Å²) in [6, 6.07) is 8.00. The van der Waals surface area contributed by atoms with Crippen LogP contribution in [-0.2, 0) is 4.74 Å². The van der Waals surface area contributed by atoms with Gasteiger partial charge in [0.15, 0.2) is 0 Å². The second kappa shape index (κ2) is 6.23. The van der Waals surface area contributed by atoms with Gasteiger partial charge in [0.05, 0.1) is 11.7 Å². The van der Waals surface area contributed by atoms with Gasteiger partial charge in [-0.1, -0.05) is 31.9 Å². The topological polar surface area (TPSA) is 26.3 Å². The first-order valence-electron chi connectivity index (χ1n) is 7.37. The van der Waals surface area contributed by atoms with Crippen molar-refractivity contribution in [1.82, 2.24) is 0 Å². The van der Waals surface area contributed by atoms with Crippen molar-refractivity contribution in [2.24, 2.45) is 5.92 Å². The number of esters is 1. The Morgan fingerprint density at radius 1 is 1.21 bits per heavy atom. The monoisotopic (exact) mass is 260 g/mol. The highest BCUT2D eigenvalue weighted by atomic mass is 16.5. The van der Waals surface area contributed by atoms with E-state index in [2.05, 4.69) is 19.1 Å². The lowest BCUT2D eigenvalue weighted by molar-refractivity contribution is 0.0378. The van der Waals surface area contributed by atoms with E-state index in [0.29, 0.717) is 11.5 Å². The van der Waals surface area contributed by atoms with E-state index in [1.807, 2.05) is 26.0 Å². The van der Waals surface area contributed by atoms with E-state index in [9.17, 15) is 4.79 Å². The fraction of sp³-hybridized carbons (Fsp3) is 0.588. The molecule has 2 rings (SSSR count). The van der Waals surface area contributed by atoms with Gasteiger partial charge in [0.1, 0.15) is 0 Å². The fourth-order valence-electron chi connectivity index (χ4n) is 2.91. The molecule has 0 bridgehead atoms. The largest absolute Gasteiger partial charge is 0.459 e. The van der Waals surface area contributed by atoms with Crippen LogP contribution in [0.3, 0.4) is 0 Å². The van der Waals surface area contributed by atoms with Gasteiger partial charge in [0.2, 0.25) is 0 Å². The lowest BCUT2D eigenvalue weighted by Crippen LogP contribution is -2.13. The lowest BCUT2D eigenvalue weighted by atomic mass is 9.79. The number of hydrogen-bond acceptors (Lipinski definition) is 2. The van der Waals surface area contributed by atoms with E-state index < -0.39 is 0 Å². The molecule has 1 aromatic rings. The minimum absolute atomic E-state index is 0.0635. The van der Waals surface area contributed by atoms with Crippen LogP contribution in [0, 0.1) is 5.92 Å². The van der Waals surface area contributed by atoms with E-state index >= 15 is 0 Å². The van der Waals surface area contributed by atoms with E-state index in [0.717, 1.165) is 5.92 Å². The highest BCUT2D eigenvalue weighted by Gasteiger charge is 2.20. The molecule has 2 unspecified atom stereocenters. The maximum absolute atomic E-state index is 11.8. The molecule has 104 valence electrons. The van der Waals surface area contributed by atoms with Crippen LogP contribution >= 0.6 is 0 Å². The van der Waals surface area contributed by atoms with Crippen LogP contribution in [0.15, 0.2) is 24.3 Å². The van der Waals surface area contributed by atoms with Crippen LogP contribution in [-0.4, -0.2) is 12.1 Å². The minimum atomic E-state index is -0.224. The molecule has 1 aliphatic carbocycles. The van der Waals surface area contributed by atoms with Crippen LogP contribution in [0.1, 0.15) is 68.3 Å². The van der Waals surface area contributed by atoms with Gasteiger partial charge in [0.25, 0.3) is 0 Å². The van der Waals surface area contributed by atoms with Crippen LogP contribution in [0.4, 0.5) is 0 Å². The van der Waals surface area contributed by atoms with Crippen molar-refractivity contribution in [1.29, 1.82) is 0 Å². The Labute approximate surface area is 116 Å². The summed E-state index contributed by atoms with van der Waals surface area (Å²) in [6.45, 7) is 6.08. The summed E-state index contributed by atoms with van der Waals surface area (Å²) in [5.74, 6) is 1.27. The zero-order valence-electron chi connectivity index (χ0n) is 12.2. The molecule has 0 N–H and O–H groups in total.